The summed E-state index contributed by atoms with van der Waals surface area (Å²) in [6.07, 6.45) is 0. The summed E-state index contributed by atoms with van der Waals surface area (Å²) in [6, 6.07) is 19.2. The second-order valence-electron chi connectivity index (χ2n) is 4.29. The van der Waals surface area contributed by atoms with Crippen LogP contribution in [-0.2, 0) is 6.54 Å². The van der Waals surface area contributed by atoms with Crippen LogP contribution in [0.4, 0.5) is 5.69 Å². The van der Waals surface area contributed by atoms with Gasteiger partial charge in [-0.1, -0.05) is 48.5 Å². The van der Waals surface area contributed by atoms with Gasteiger partial charge in [-0.3, -0.25) is 0 Å². The molecule has 0 N–H and O–H groups in total. The van der Waals surface area contributed by atoms with E-state index in [1.807, 2.05) is 0 Å². The zero-order chi connectivity index (χ0) is 12.1. The number of hydrogen-bond donors (Lipinski definition) is 0. The largest absolute Gasteiger partial charge is 0.367 e. The lowest BCUT2D eigenvalue weighted by atomic mass is 10.1. The molecular weight excluding hydrogens is 206 g/mol. The van der Waals surface area contributed by atoms with Gasteiger partial charge in [-0.25, -0.2) is 0 Å². The smallest absolute Gasteiger partial charge is 0.0429 e. The molecule has 2 aromatic rings. The molecule has 0 heterocycles. The molecule has 0 aromatic heterocycles. The molecule has 2 rings (SSSR count). The summed E-state index contributed by atoms with van der Waals surface area (Å²) in [5, 5.41) is 0. The second kappa shape index (κ2) is 5.53. The van der Waals surface area contributed by atoms with Crippen LogP contribution in [0, 0.1) is 6.92 Å². The first-order chi connectivity index (χ1) is 8.31. The highest BCUT2D eigenvalue weighted by Crippen LogP contribution is 2.21. The van der Waals surface area contributed by atoms with Gasteiger partial charge in [0.2, 0.25) is 0 Å². The molecule has 1 nitrogen and oxygen atoms in total. The van der Waals surface area contributed by atoms with Gasteiger partial charge in [0.1, 0.15) is 0 Å². The summed E-state index contributed by atoms with van der Waals surface area (Å²) in [5.74, 6) is 0. The van der Waals surface area contributed by atoms with Crippen molar-refractivity contribution in [2.24, 2.45) is 0 Å². The Kier molecular flexibility index (Phi) is 3.81. The quantitative estimate of drug-likeness (QED) is 0.759. The van der Waals surface area contributed by atoms with Crippen molar-refractivity contribution < 1.29 is 0 Å². The van der Waals surface area contributed by atoms with Gasteiger partial charge in [0.05, 0.1) is 0 Å². The van der Waals surface area contributed by atoms with Gasteiger partial charge in [-0.2, -0.15) is 0 Å². The van der Waals surface area contributed by atoms with E-state index in [1.165, 1.54) is 16.8 Å². The van der Waals surface area contributed by atoms with E-state index in [0.29, 0.717) is 0 Å². The zero-order valence-corrected chi connectivity index (χ0v) is 10.6. The van der Waals surface area contributed by atoms with Gasteiger partial charge in [-0.15, -0.1) is 0 Å². The average molecular weight is 225 g/mol. The normalized spacial score (nSPS) is 10.2. The van der Waals surface area contributed by atoms with E-state index < -0.39 is 0 Å². The summed E-state index contributed by atoms with van der Waals surface area (Å²) in [6.45, 7) is 6.38. The Morgan fingerprint density at radius 1 is 0.882 bits per heavy atom. The summed E-state index contributed by atoms with van der Waals surface area (Å²) in [5.41, 5.74) is 4.03. The molecule has 0 saturated carbocycles. The van der Waals surface area contributed by atoms with E-state index in [4.69, 9.17) is 0 Å². The lowest BCUT2D eigenvalue weighted by Crippen LogP contribution is -2.22. The van der Waals surface area contributed by atoms with Crippen molar-refractivity contribution in [1.82, 2.24) is 0 Å². The second-order valence-corrected chi connectivity index (χ2v) is 4.29. The van der Waals surface area contributed by atoms with Gasteiger partial charge in [0, 0.05) is 18.8 Å². The summed E-state index contributed by atoms with van der Waals surface area (Å²) >= 11 is 0. The Bertz CT molecular complexity index is 462. The Morgan fingerprint density at radius 3 is 2.18 bits per heavy atom. The molecule has 0 atom stereocenters. The molecule has 1 heteroatoms. The van der Waals surface area contributed by atoms with Crippen LogP contribution in [0.5, 0.6) is 0 Å². The van der Waals surface area contributed by atoms with Gasteiger partial charge < -0.3 is 4.90 Å². The Morgan fingerprint density at radius 2 is 1.53 bits per heavy atom. The maximum Gasteiger partial charge on any atom is 0.0429 e. The average Bonchev–Trinajstić information content (AvgIpc) is 2.38. The molecule has 0 saturated heterocycles. The summed E-state index contributed by atoms with van der Waals surface area (Å²) in [4.78, 5) is 2.41. The van der Waals surface area contributed by atoms with E-state index in [2.05, 4.69) is 73.3 Å². The zero-order valence-electron chi connectivity index (χ0n) is 10.6. The first kappa shape index (κ1) is 11.7. The van der Waals surface area contributed by atoms with Crippen LogP contribution in [0.25, 0.3) is 0 Å². The fourth-order valence-corrected chi connectivity index (χ4v) is 2.09. The number of para-hydroxylation sites is 1. The van der Waals surface area contributed by atoms with Crippen LogP contribution in [0.2, 0.25) is 0 Å². The van der Waals surface area contributed by atoms with Crippen LogP contribution in [0.15, 0.2) is 54.6 Å². The number of anilines is 1. The molecule has 17 heavy (non-hydrogen) atoms. The van der Waals surface area contributed by atoms with Crippen LogP contribution < -0.4 is 4.90 Å². The fourth-order valence-electron chi connectivity index (χ4n) is 2.09. The molecule has 0 aliphatic heterocycles. The molecule has 2 aromatic carbocycles. The number of aryl methyl sites for hydroxylation is 1. The number of rotatable bonds is 4. The van der Waals surface area contributed by atoms with Crippen LogP contribution in [0.1, 0.15) is 18.1 Å². The molecule has 0 amide bonds. The monoisotopic (exact) mass is 225 g/mol. The fraction of sp³-hybridized carbons (Fsp3) is 0.250. The third-order valence-corrected chi connectivity index (χ3v) is 3.05. The Balaban J connectivity index is 2.21. The predicted molar refractivity (Wildman–Crippen MR) is 74.3 cm³/mol. The van der Waals surface area contributed by atoms with Crippen molar-refractivity contribution in [3.8, 4) is 0 Å². The van der Waals surface area contributed by atoms with E-state index in [1.54, 1.807) is 0 Å². The number of hydrogen-bond acceptors (Lipinski definition) is 1. The molecule has 0 radical (unpaired) electrons. The minimum absolute atomic E-state index is 0.974. The van der Waals surface area contributed by atoms with Crippen molar-refractivity contribution >= 4 is 5.69 Å². The SMILES string of the molecule is CCN(Cc1ccccc1)c1ccccc1C. The van der Waals surface area contributed by atoms with Crippen LogP contribution in [-0.4, -0.2) is 6.54 Å². The van der Waals surface area contributed by atoms with Crippen molar-refractivity contribution in [2.75, 3.05) is 11.4 Å². The third-order valence-electron chi connectivity index (χ3n) is 3.05. The topological polar surface area (TPSA) is 3.24 Å². The molecule has 88 valence electrons. The molecule has 0 fully saturated rings. The number of benzene rings is 2. The van der Waals surface area contributed by atoms with E-state index in [9.17, 15) is 0 Å². The molecular formula is C16H19N. The minimum Gasteiger partial charge on any atom is -0.367 e. The summed E-state index contributed by atoms with van der Waals surface area (Å²) < 4.78 is 0. The highest BCUT2D eigenvalue weighted by molar-refractivity contribution is 5.53. The first-order valence-corrected chi connectivity index (χ1v) is 6.15. The summed E-state index contributed by atoms with van der Waals surface area (Å²) in [7, 11) is 0. The Labute approximate surface area is 104 Å². The van der Waals surface area contributed by atoms with Gasteiger partial charge in [0.25, 0.3) is 0 Å². The lowest BCUT2D eigenvalue weighted by Gasteiger charge is -2.25. The molecule has 0 spiro atoms. The number of nitrogens with zero attached hydrogens (tertiary/aromatic N) is 1. The van der Waals surface area contributed by atoms with Crippen LogP contribution >= 0.6 is 0 Å². The molecule has 0 aliphatic rings. The predicted octanol–water partition coefficient (Wildman–Crippen LogP) is 4.02. The van der Waals surface area contributed by atoms with E-state index in [-0.39, 0.29) is 0 Å². The van der Waals surface area contributed by atoms with E-state index >= 15 is 0 Å². The van der Waals surface area contributed by atoms with Gasteiger partial charge in [-0.05, 0) is 31.0 Å². The maximum absolute atomic E-state index is 2.41. The standard InChI is InChI=1S/C16H19N/c1-3-17(13-15-10-5-4-6-11-15)16-12-8-7-9-14(16)2/h4-12H,3,13H2,1-2H3. The molecule has 0 aliphatic carbocycles. The lowest BCUT2D eigenvalue weighted by molar-refractivity contribution is 0.828. The molecule has 0 bridgehead atoms. The van der Waals surface area contributed by atoms with Crippen molar-refractivity contribution in [2.45, 2.75) is 20.4 Å². The van der Waals surface area contributed by atoms with Gasteiger partial charge >= 0.3 is 0 Å². The first-order valence-electron chi connectivity index (χ1n) is 6.15. The van der Waals surface area contributed by atoms with Crippen LogP contribution in [0.3, 0.4) is 0 Å². The van der Waals surface area contributed by atoms with Crippen molar-refractivity contribution in [3.05, 3.63) is 65.7 Å². The highest BCUT2D eigenvalue weighted by atomic mass is 15.1. The van der Waals surface area contributed by atoms with Crippen molar-refractivity contribution in [1.29, 1.82) is 0 Å². The third kappa shape index (κ3) is 2.88. The maximum atomic E-state index is 2.41. The molecule has 0 unspecified atom stereocenters. The minimum atomic E-state index is 0.974. The van der Waals surface area contributed by atoms with E-state index in [0.717, 1.165) is 13.1 Å². The van der Waals surface area contributed by atoms with Gasteiger partial charge in [0.15, 0.2) is 0 Å². The van der Waals surface area contributed by atoms with Crippen molar-refractivity contribution in [3.63, 3.8) is 0 Å². The highest BCUT2D eigenvalue weighted by Gasteiger charge is 2.06. The Hall–Kier alpha value is -1.76.